The smallest absolute Gasteiger partial charge is 0.303 e. The van der Waals surface area contributed by atoms with Gasteiger partial charge in [-0.15, -0.1) is 0 Å². The number of hydrogen-bond acceptors (Lipinski definition) is 11. The lowest BCUT2D eigenvalue weighted by molar-refractivity contribution is -0.140. The number of aromatic amines is 1. The van der Waals surface area contributed by atoms with E-state index >= 15 is 0 Å². The number of carbonyl (C=O) groups excluding carboxylic acids is 4. The number of aromatic nitrogens is 1. The Labute approximate surface area is 342 Å². The lowest BCUT2D eigenvalue weighted by atomic mass is 9.92. The SMILES string of the molecule is CC(C)(CN)COCC(C)(C)C(=O)NC(CCC(=O)O)C(=O)NCCOCCOCCOCCOCCNC(=O)CCCNC(=O)CCCc1c[nH]c2ccccc12. The first kappa shape index (κ1) is 50.0. The van der Waals surface area contributed by atoms with Crippen LogP contribution < -0.4 is 27.0 Å². The number of nitrogens with one attached hydrogen (secondary N) is 5. The van der Waals surface area contributed by atoms with Crippen LogP contribution in [-0.4, -0.2) is 138 Å². The van der Waals surface area contributed by atoms with Gasteiger partial charge in [0.05, 0.1) is 71.5 Å². The fraction of sp³-hybridized carbons (Fsp3) is 0.683. The number of carboxylic acid groups (broad SMARTS) is 1. The molecule has 58 heavy (non-hydrogen) atoms. The zero-order valence-corrected chi connectivity index (χ0v) is 34.9. The topological polar surface area (TPSA) is 242 Å². The molecule has 0 aliphatic rings. The Kier molecular flexibility index (Phi) is 24.4. The average molecular weight is 821 g/mol. The number of H-pyrrole nitrogens is 1. The Morgan fingerprint density at radius 2 is 1.29 bits per heavy atom. The van der Waals surface area contributed by atoms with E-state index in [2.05, 4.69) is 32.3 Å². The summed E-state index contributed by atoms with van der Waals surface area (Å²) >= 11 is 0. The molecule has 1 aromatic carbocycles. The minimum atomic E-state index is -1.07. The van der Waals surface area contributed by atoms with E-state index in [4.69, 9.17) is 34.5 Å². The molecule has 8 N–H and O–H groups in total. The maximum atomic E-state index is 13.0. The molecule has 1 atom stereocenters. The van der Waals surface area contributed by atoms with Gasteiger partial charge in [-0.25, -0.2) is 0 Å². The molecule has 0 aliphatic heterocycles. The minimum absolute atomic E-state index is 0.00812. The summed E-state index contributed by atoms with van der Waals surface area (Å²) in [5.74, 6) is -2.10. The summed E-state index contributed by atoms with van der Waals surface area (Å²) in [5.41, 5.74) is 6.85. The van der Waals surface area contributed by atoms with Crippen LogP contribution in [-0.2, 0) is 54.1 Å². The molecule has 1 heterocycles. The monoisotopic (exact) mass is 820 g/mol. The molecule has 0 fully saturated rings. The summed E-state index contributed by atoms with van der Waals surface area (Å²) in [6.07, 6.45) is 4.56. The van der Waals surface area contributed by atoms with Gasteiger partial charge in [-0.2, -0.15) is 0 Å². The molecule has 17 heteroatoms. The number of carboxylic acids is 1. The van der Waals surface area contributed by atoms with E-state index in [1.807, 2.05) is 38.2 Å². The van der Waals surface area contributed by atoms with Gasteiger partial charge in [0, 0.05) is 61.4 Å². The highest BCUT2D eigenvalue weighted by Gasteiger charge is 2.32. The largest absolute Gasteiger partial charge is 0.481 e. The lowest BCUT2D eigenvalue weighted by Gasteiger charge is -2.29. The number of aliphatic carboxylic acids is 1. The van der Waals surface area contributed by atoms with Crippen molar-refractivity contribution in [1.82, 2.24) is 26.3 Å². The molecule has 328 valence electrons. The maximum absolute atomic E-state index is 13.0. The van der Waals surface area contributed by atoms with E-state index in [-0.39, 0.29) is 49.8 Å². The number of ether oxygens (including phenoxy) is 5. The summed E-state index contributed by atoms with van der Waals surface area (Å²) in [7, 11) is 0. The lowest BCUT2D eigenvalue weighted by Crippen LogP contribution is -2.52. The van der Waals surface area contributed by atoms with Crippen LogP contribution in [0.4, 0.5) is 0 Å². The van der Waals surface area contributed by atoms with E-state index in [0.717, 1.165) is 18.4 Å². The number of benzene rings is 1. The standard InChI is InChI=1S/C41H68N6O11/c1-40(2,28-42)29-58-30-41(3,4)39(53)47-34(14-15-37(50)51)38(52)45-18-20-55-22-24-57-26-25-56-23-21-54-19-17-44-36(49)13-8-16-43-35(48)12-7-9-31-27-46-33-11-6-5-10-32(31)33/h5-6,10-11,27,34,46H,7-9,12-26,28-30,42H2,1-4H3,(H,43,48)(H,44,49)(H,45,52)(H,47,53)(H,50,51). The third-order valence-electron chi connectivity index (χ3n) is 9.05. The normalized spacial score (nSPS) is 12.3. The van der Waals surface area contributed by atoms with Crippen LogP contribution in [0.15, 0.2) is 30.5 Å². The zero-order chi connectivity index (χ0) is 42.7. The Balaban J connectivity index is 1.40. The second kappa shape index (κ2) is 28.3. The number of carbonyl (C=O) groups is 5. The van der Waals surface area contributed by atoms with E-state index in [1.54, 1.807) is 13.8 Å². The van der Waals surface area contributed by atoms with Crippen LogP contribution in [0, 0.1) is 10.8 Å². The number of para-hydroxylation sites is 1. The first-order valence-corrected chi connectivity index (χ1v) is 20.2. The molecule has 4 amide bonds. The molecule has 0 saturated carbocycles. The predicted octanol–water partition coefficient (Wildman–Crippen LogP) is 2.06. The first-order chi connectivity index (χ1) is 27.7. The minimum Gasteiger partial charge on any atom is -0.481 e. The van der Waals surface area contributed by atoms with Gasteiger partial charge in [0.25, 0.3) is 0 Å². The third kappa shape index (κ3) is 22.1. The fourth-order valence-corrected chi connectivity index (χ4v) is 5.42. The Bertz CT molecular complexity index is 1520. The molecular formula is C41H68N6O11. The maximum Gasteiger partial charge on any atom is 0.303 e. The summed E-state index contributed by atoms with van der Waals surface area (Å²) in [4.78, 5) is 64.4. The molecule has 1 unspecified atom stereocenters. The van der Waals surface area contributed by atoms with E-state index < -0.39 is 29.2 Å². The second-order valence-corrected chi connectivity index (χ2v) is 15.5. The van der Waals surface area contributed by atoms with Crippen molar-refractivity contribution in [3.8, 4) is 0 Å². The molecule has 0 saturated heterocycles. The van der Waals surface area contributed by atoms with Gasteiger partial charge in [0.1, 0.15) is 6.04 Å². The second-order valence-electron chi connectivity index (χ2n) is 15.5. The van der Waals surface area contributed by atoms with Crippen molar-refractivity contribution < 1.29 is 52.8 Å². The van der Waals surface area contributed by atoms with Gasteiger partial charge >= 0.3 is 5.97 Å². The van der Waals surface area contributed by atoms with Crippen LogP contribution in [0.1, 0.15) is 71.8 Å². The quantitative estimate of drug-likeness (QED) is 0.0503. The van der Waals surface area contributed by atoms with E-state index in [0.29, 0.717) is 91.8 Å². The highest BCUT2D eigenvalue weighted by molar-refractivity contribution is 5.90. The molecule has 0 spiro atoms. The molecular weight excluding hydrogens is 752 g/mol. The van der Waals surface area contributed by atoms with Gasteiger partial charge in [0.15, 0.2) is 0 Å². The predicted molar refractivity (Wildman–Crippen MR) is 219 cm³/mol. The van der Waals surface area contributed by atoms with Crippen molar-refractivity contribution in [2.24, 2.45) is 16.6 Å². The molecule has 17 nitrogen and oxygen atoms in total. The number of aryl methyl sites for hydroxylation is 1. The molecule has 0 aliphatic carbocycles. The van der Waals surface area contributed by atoms with Crippen molar-refractivity contribution in [2.45, 2.75) is 78.7 Å². The van der Waals surface area contributed by atoms with Crippen LogP contribution in [0.25, 0.3) is 10.9 Å². The summed E-state index contributed by atoms with van der Waals surface area (Å²) < 4.78 is 27.7. The number of rotatable bonds is 34. The number of hydrogen-bond donors (Lipinski definition) is 7. The van der Waals surface area contributed by atoms with Crippen LogP contribution in [0.3, 0.4) is 0 Å². The van der Waals surface area contributed by atoms with Crippen molar-refractivity contribution in [3.05, 3.63) is 36.0 Å². The van der Waals surface area contributed by atoms with Gasteiger partial charge in [-0.3, -0.25) is 24.0 Å². The van der Waals surface area contributed by atoms with E-state index in [9.17, 15) is 24.0 Å². The third-order valence-corrected chi connectivity index (χ3v) is 9.05. The van der Waals surface area contributed by atoms with Gasteiger partial charge in [0.2, 0.25) is 23.6 Å². The summed E-state index contributed by atoms with van der Waals surface area (Å²) in [5, 5.41) is 21.4. The molecule has 0 radical (unpaired) electrons. The Morgan fingerprint density at radius 3 is 1.91 bits per heavy atom. The van der Waals surface area contributed by atoms with Gasteiger partial charge < -0.3 is 60.8 Å². The highest BCUT2D eigenvalue weighted by atomic mass is 16.6. The van der Waals surface area contributed by atoms with Crippen LogP contribution >= 0.6 is 0 Å². The zero-order valence-electron chi connectivity index (χ0n) is 34.9. The highest BCUT2D eigenvalue weighted by Crippen LogP contribution is 2.21. The molecule has 1 aromatic heterocycles. The van der Waals surface area contributed by atoms with Crippen LogP contribution in [0.2, 0.25) is 0 Å². The van der Waals surface area contributed by atoms with Crippen molar-refractivity contribution in [2.75, 3.05) is 92.2 Å². The van der Waals surface area contributed by atoms with Gasteiger partial charge in [-0.05, 0) is 57.7 Å². The summed E-state index contributed by atoms with van der Waals surface area (Å²) in [6.45, 7) is 11.9. The molecule has 0 bridgehead atoms. The van der Waals surface area contributed by atoms with Gasteiger partial charge in [-0.1, -0.05) is 32.0 Å². The van der Waals surface area contributed by atoms with Crippen molar-refractivity contribution in [1.29, 1.82) is 0 Å². The molecule has 2 rings (SSSR count). The number of nitrogens with two attached hydrogens (primary N) is 1. The number of fused-ring (bicyclic) bond motifs is 1. The summed E-state index contributed by atoms with van der Waals surface area (Å²) in [6, 6.07) is 7.09. The van der Waals surface area contributed by atoms with Crippen LogP contribution in [0.5, 0.6) is 0 Å². The average Bonchev–Trinajstić information content (AvgIpc) is 3.60. The Hall–Kier alpha value is -4.13. The first-order valence-electron chi connectivity index (χ1n) is 20.2. The van der Waals surface area contributed by atoms with Crippen molar-refractivity contribution in [3.63, 3.8) is 0 Å². The Morgan fingerprint density at radius 1 is 0.724 bits per heavy atom. The van der Waals surface area contributed by atoms with Crippen molar-refractivity contribution >= 4 is 40.5 Å². The molecule has 2 aromatic rings. The number of amides is 4. The van der Waals surface area contributed by atoms with E-state index in [1.165, 1.54) is 10.9 Å². The fourth-order valence-electron chi connectivity index (χ4n) is 5.42.